The summed E-state index contributed by atoms with van der Waals surface area (Å²) in [5.41, 5.74) is -29.4. The summed E-state index contributed by atoms with van der Waals surface area (Å²) in [4.78, 5) is 0. The van der Waals surface area contributed by atoms with Crippen LogP contribution in [0.3, 0.4) is 0 Å². The lowest BCUT2D eigenvalue weighted by Crippen LogP contribution is -2.69. The first-order valence-corrected chi connectivity index (χ1v) is 32.8. The second kappa shape index (κ2) is 31.8. The first kappa shape index (κ1) is 104. The van der Waals surface area contributed by atoms with Crippen molar-refractivity contribution in [2.45, 2.75) is 194 Å². The minimum Gasteiger partial charge on any atom is -0.372 e. The van der Waals surface area contributed by atoms with Crippen molar-refractivity contribution in [1.29, 1.82) is 0 Å². The lowest BCUT2D eigenvalue weighted by atomic mass is 9.83. The first-order valence-electron chi connectivity index (χ1n) is 31.8. The van der Waals surface area contributed by atoms with E-state index in [1.54, 1.807) is 0 Å². The molecular formula is C68H38F52O2S. The van der Waals surface area contributed by atoms with Gasteiger partial charge in [-0.3, -0.25) is 0 Å². The summed E-state index contributed by atoms with van der Waals surface area (Å²) < 4.78 is 766. The van der Waals surface area contributed by atoms with Crippen molar-refractivity contribution in [2.75, 3.05) is 0 Å². The van der Waals surface area contributed by atoms with Crippen molar-refractivity contribution in [1.82, 2.24) is 0 Å². The number of hydrogen-bond acceptors (Lipinski definition) is 3. The van der Waals surface area contributed by atoms with Crippen LogP contribution in [0, 0.1) is 13.8 Å². The Morgan fingerprint density at radius 2 is 0.366 bits per heavy atom. The topological polar surface area (TPSA) is 18.5 Å². The molecule has 0 N–H and O–H groups in total. The van der Waals surface area contributed by atoms with Crippen LogP contribution >= 0.6 is 11.8 Å². The van der Waals surface area contributed by atoms with Crippen molar-refractivity contribution in [3.8, 4) is 0 Å². The van der Waals surface area contributed by atoms with Crippen LogP contribution in [0.5, 0.6) is 0 Å². The molecule has 0 fully saturated rings. The maximum Gasteiger partial charge on any atom is 0.460 e. The standard InChI is InChI=1S/C68H38F52O2S/c1-30-40(45(69,70)49(77,78)53(85,86)57(93,94)61(101,102)65(109,110)111)21-34(22-41(30)46(71,72)50(79,80)54(87,88)58(95,96)62(103,104)66(112,113)114)27-121-25-32-18-33(20-36(19-32)29-123-44(37-12-6-3-7-13-37,38-14-8-4-9-15-38)39-16-10-5-11-17-39)26-122-28-35-23-42(47(73,74)51(81,82)55(89,90)59(97,98)63(105,106)67(115,116)117)31(2)43(24-35)48(75,76)52(83,84)56(91,92)60(99,100)64(107,108)68(118,119)120/h3-24H,25-29H2,1-2H3. The van der Waals surface area contributed by atoms with Gasteiger partial charge in [0.2, 0.25) is 0 Å². The molecule has 55 heteroatoms. The van der Waals surface area contributed by atoms with Gasteiger partial charge in [-0.15, -0.1) is 11.8 Å². The predicted octanol–water partition coefficient (Wildman–Crippen LogP) is 27.7. The quantitative estimate of drug-likeness (QED) is 0.0296. The molecule has 0 saturated carbocycles. The zero-order valence-corrected chi connectivity index (χ0v) is 59.4. The van der Waals surface area contributed by atoms with Gasteiger partial charge in [0.15, 0.2) is 0 Å². The number of thioether (sulfide) groups is 1. The fraction of sp³-hybridized carbons (Fsp3) is 0.471. The van der Waals surface area contributed by atoms with E-state index in [9.17, 15) is 123 Å². The van der Waals surface area contributed by atoms with Gasteiger partial charge < -0.3 is 9.47 Å². The Hall–Kier alpha value is -8.05. The molecular weight excluding hydrogens is 1870 g/mol. The zero-order valence-electron chi connectivity index (χ0n) is 58.6. The third-order valence-corrected chi connectivity index (χ3v) is 19.8. The minimum atomic E-state index is -9.08. The van der Waals surface area contributed by atoms with Crippen LogP contribution in [0.1, 0.15) is 77.9 Å². The van der Waals surface area contributed by atoms with E-state index in [-0.39, 0.29) is 16.7 Å². The second-order valence-electron chi connectivity index (χ2n) is 26.3. The minimum absolute atomic E-state index is 0.226. The van der Waals surface area contributed by atoms with E-state index in [4.69, 9.17) is 9.47 Å². The molecule has 0 amide bonds. The van der Waals surface area contributed by atoms with Gasteiger partial charge in [-0.25, -0.2) is 0 Å². The molecule has 0 atom stereocenters. The van der Waals surface area contributed by atoms with Crippen LogP contribution in [0.15, 0.2) is 133 Å². The lowest BCUT2D eigenvalue weighted by Gasteiger charge is -2.41. The van der Waals surface area contributed by atoms with Crippen LogP contribution in [0.25, 0.3) is 0 Å². The Balaban J connectivity index is 1.65. The molecule has 0 aromatic heterocycles. The van der Waals surface area contributed by atoms with Crippen LogP contribution < -0.4 is 0 Å². The van der Waals surface area contributed by atoms with Crippen LogP contribution in [0.4, 0.5) is 228 Å². The molecule has 0 bridgehead atoms. The Bertz CT molecular complexity index is 4200. The van der Waals surface area contributed by atoms with Crippen LogP contribution in [-0.2, 0) is 70.1 Å². The van der Waals surface area contributed by atoms with Gasteiger partial charge in [-0.1, -0.05) is 109 Å². The molecule has 0 heterocycles. The highest BCUT2D eigenvalue weighted by atomic mass is 32.2. The Labute approximate surface area is 653 Å². The van der Waals surface area contributed by atoms with Gasteiger partial charge in [-0.2, -0.15) is 228 Å². The normalized spacial score (nSPS) is 15.3. The fourth-order valence-corrected chi connectivity index (χ4v) is 12.9. The number of benzene rings is 6. The van der Waals surface area contributed by atoms with Crippen LogP contribution in [0.2, 0.25) is 0 Å². The summed E-state index contributed by atoms with van der Waals surface area (Å²) in [5, 5.41) is 0. The summed E-state index contributed by atoms with van der Waals surface area (Å²) in [7, 11) is 0. The molecule has 0 unspecified atom stereocenters. The van der Waals surface area contributed by atoms with Crippen molar-refractivity contribution < 1.29 is 238 Å². The summed E-state index contributed by atoms with van der Waals surface area (Å²) >= 11 is 0.687. The van der Waals surface area contributed by atoms with Gasteiger partial charge in [0.1, 0.15) is 0 Å². The maximum atomic E-state index is 16.2. The highest BCUT2D eigenvalue weighted by Gasteiger charge is 2.96. The monoisotopic (exact) mass is 1910 g/mol. The molecule has 0 aliphatic rings. The number of halogens is 52. The first-order chi connectivity index (χ1) is 54.6. The van der Waals surface area contributed by atoms with Crippen LogP contribution in [-0.4, -0.2) is 119 Å². The Morgan fingerprint density at radius 3 is 0.545 bits per heavy atom. The highest BCUT2D eigenvalue weighted by molar-refractivity contribution is 7.99. The summed E-state index contributed by atoms with van der Waals surface area (Å²) in [6.07, 6.45) is -33.0. The van der Waals surface area contributed by atoms with Gasteiger partial charge in [-0.05, 0) is 93.7 Å². The van der Waals surface area contributed by atoms with Gasteiger partial charge in [0.25, 0.3) is 0 Å². The summed E-state index contributed by atoms with van der Waals surface area (Å²) in [6, 6.07) is 17.5. The number of hydrogen-bond donors (Lipinski definition) is 0. The van der Waals surface area contributed by atoms with Gasteiger partial charge >= 0.3 is 143 Å². The molecule has 0 aliphatic carbocycles. The molecule has 692 valence electrons. The number of alkyl halides is 52. The van der Waals surface area contributed by atoms with E-state index in [1.807, 2.05) is 0 Å². The lowest BCUT2D eigenvalue weighted by molar-refractivity contribution is -0.442. The smallest absolute Gasteiger partial charge is 0.372 e. The molecule has 6 rings (SSSR count). The number of rotatable bonds is 34. The van der Waals surface area contributed by atoms with E-state index < -0.39 is 279 Å². The highest BCUT2D eigenvalue weighted by Crippen LogP contribution is 2.69. The van der Waals surface area contributed by atoms with E-state index in [2.05, 4.69) is 0 Å². The van der Waals surface area contributed by atoms with E-state index in [0.29, 0.717) is 30.0 Å². The zero-order chi connectivity index (χ0) is 95.8. The Morgan fingerprint density at radius 1 is 0.203 bits per heavy atom. The molecule has 6 aromatic carbocycles. The maximum absolute atomic E-state index is 16.2. The van der Waals surface area contributed by atoms with E-state index >= 15 is 105 Å². The fourth-order valence-electron chi connectivity index (χ4n) is 11.4. The van der Waals surface area contributed by atoms with Gasteiger partial charge in [0.05, 0.1) is 31.2 Å². The van der Waals surface area contributed by atoms with Crippen molar-refractivity contribution in [3.63, 3.8) is 0 Å². The predicted molar refractivity (Wildman–Crippen MR) is 315 cm³/mol. The van der Waals surface area contributed by atoms with Gasteiger partial charge in [0, 0.05) is 28.0 Å². The SMILES string of the molecule is Cc1c(C(F)(F)C(F)(F)C(F)(F)C(F)(F)C(F)(F)C(F)(F)F)cc(COCc2cc(COCc3cc(C(F)(F)C(F)(F)C(F)(F)C(F)(F)C(F)(F)C(F)(F)F)c(C)c(C(F)(F)C(F)(F)C(F)(F)C(F)(F)C(F)(F)C(F)(F)F)c3)cc(CSC(c3ccccc3)(c3ccccc3)c3ccccc3)c2)cc1C(F)(F)C(F)(F)C(F)(F)C(F)(F)C(F)(F)C(F)(F)F. The second-order valence-corrected chi connectivity index (χ2v) is 27.5. The van der Waals surface area contributed by atoms with E-state index in [0.717, 1.165) is 0 Å². The average Bonchev–Trinajstić information content (AvgIpc) is 0.701. The molecule has 123 heavy (non-hydrogen) atoms. The largest absolute Gasteiger partial charge is 0.460 e. The average molecular weight is 1910 g/mol. The third kappa shape index (κ3) is 15.9. The summed E-state index contributed by atoms with van der Waals surface area (Å²) in [5.74, 6) is -176. The van der Waals surface area contributed by atoms with E-state index in [1.165, 1.54) is 91.0 Å². The van der Waals surface area contributed by atoms with Crippen molar-refractivity contribution in [3.05, 3.63) is 211 Å². The molecule has 0 aliphatic heterocycles. The summed E-state index contributed by atoms with van der Waals surface area (Å²) in [6.45, 7) is -10.6. The molecule has 0 radical (unpaired) electrons. The number of ether oxygens (including phenoxy) is 2. The third-order valence-electron chi connectivity index (χ3n) is 18.2. The van der Waals surface area contributed by atoms with Crippen molar-refractivity contribution >= 4 is 11.8 Å². The molecule has 0 saturated heterocycles. The molecule has 0 spiro atoms. The van der Waals surface area contributed by atoms with Crippen molar-refractivity contribution in [2.24, 2.45) is 0 Å². The molecule has 2 nitrogen and oxygen atoms in total. The molecule has 6 aromatic rings. The Kier molecular flexibility index (Phi) is 26.8.